The zero-order valence-electron chi connectivity index (χ0n) is 20.3. The van der Waals surface area contributed by atoms with Crippen LogP contribution in [0.15, 0.2) is 49.1 Å². The van der Waals surface area contributed by atoms with Crippen LogP contribution in [0.3, 0.4) is 0 Å². The number of pyridine rings is 1. The van der Waals surface area contributed by atoms with Crippen LogP contribution in [0.25, 0.3) is 22.3 Å². The number of carbonyl (C=O) groups is 1. The van der Waals surface area contributed by atoms with Crippen LogP contribution in [0.2, 0.25) is 0 Å². The number of aromatic nitrogens is 5. The molecule has 1 amide bonds. The van der Waals surface area contributed by atoms with Crippen molar-refractivity contribution < 1.29 is 14.3 Å². The number of carbonyl (C=O) groups excluding carboxylic acids is 1. The normalized spacial score (nSPS) is 15.5. The molecule has 0 bridgehead atoms. The number of rotatable bonds is 4. The fraction of sp³-hybridized carbons (Fsp3) is 0.346. The molecule has 4 aromatic rings. The fourth-order valence-corrected chi connectivity index (χ4v) is 4.69. The molecule has 0 unspecified atom stereocenters. The van der Waals surface area contributed by atoms with Crippen LogP contribution in [0.5, 0.6) is 11.5 Å². The molecule has 0 spiro atoms. The van der Waals surface area contributed by atoms with Gasteiger partial charge in [0.1, 0.15) is 19.0 Å². The van der Waals surface area contributed by atoms with Crippen molar-refractivity contribution in [2.75, 3.05) is 44.3 Å². The minimum atomic E-state index is -0.0247. The van der Waals surface area contributed by atoms with Gasteiger partial charge in [0, 0.05) is 50.2 Å². The Bertz CT molecular complexity index is 1410. The number of amides is 1. The van der Waals surface area contributed by atoms with Crippen molar-refractivity contribution in [3.63, 3.8) is 0 Å². The number of benzene rings is 1. The molecular weight excluding hydrogens is 458 g/mol. The van der Waals surface area contributed by atoms with Gasteiger partial charge in [-0.3, -0.25) is 9.78 Å². The molecule has 3 aromatic heterocycles. The van der Waals surface area contributed by atoms with Crippen LogP contribution >= 0.6 is 0 Å². The summed E-state index contributed by atoms with van der Waals surface area (Å²) in [5, 5.41) is 5.31. The van der Waals surface area contributed by atoms with Crippen LogP contribution < -0.4 is 14.4 Å². The van der Waals surface area contributed by atoms with Crippen molar-refractivity contribution in [3.05, 3.63) is 54.6 Å². The van der Waals surface area contributed by atoms with Gasteiger partial charge in [0.2, 0.25) is 0 Å². The predicted octanol–water partition coefficient (Wildman–Crippen LogP) is 3.20. The Morgan fingerprint density at radius 3 is 2.53 bits per heavy atom. The van der Waals surface area contributed by atoms with E-state index in [9.17, 15) is 4.79 Å². The van der Waals surface area contributed by atoms with Gasteiger partial charge in [-0.05, 0) is 38.1 Å². The lowest BCUT2D eigenvalue weighted by molar-refractivity contribution is 0.0748. The van der Waals surface area contributed by atoms with Crippen molar-refractivity contribution in [2.24, 2.45) is 0 Å². The highest BCUT2D eigenvalue weighted by atomic mass is 16.6. The maximum atomic E-state index is 13.8. The Kier molecular flexibility index (Phi) is 5.63. The maximum absolute atomic E-state index is 13.8. The number of ether oxygens (including phenoxy) is 2. The first kappa shape index (κ1) is 22.3. The number of anilines is 1. The summed E-state index contributed by atoms with van der Waals surface area (Å²) in [6, 6.07) is 7.74. The van der Waals surface area contributed by atoms with Crippen molar-refractivity contribution in [1.29, 1.82) is 0 Å². The second-order valence-corrected chi connectivity index (χ2v) is 9.18. The smallest absolute Gasteiger partial charge is 0.254 e. The largest absolute Gasteiger partial charge is 0.486 e. The Morgan fingerprint density at radius 1 is 0.972 bits per heavy atom. The summed E-state index contributed by atoms with van der Waals surface area (Å²) in [5.74, 6) is 2.21. The van der Waals surface area contributed by atoms with Gasteiger partial charge in [0.15, 0.2) is 17.1 Å². The van der Waals surface area contributed by atoms with E-state index in [2.05, 4.69) is 33.8 Å². The molecule has 36 heavy (non-hydrogen) atoms. The first-order chi connectivity index (χ1) is 17.6. The van der Waals surface area contributed by atoms with E-state index in [0.717, 1.165) is 22.5 Å². The molecule has 0 aliphatic carbocycles. The lowest BCUT2D eigenvalue weighted by Crippen LogP contribution is -2.49. The summed E-state index contributed by atoms with van der Waals surface area (Å²) >= 11 is 0. The number of piperazine rings is 1. The van der Waals surface area contributed by atoms with E-state index in [1.165, 1.54) is 0 Å². The van der Waals surface area contributed by atoms with E-state index in [1.54, 1.807) is 24.8 Å². The average Bonchev–Trinajstić information content (AvgIpc) is 3.37. The molecule has 0 atom stereocenters. The van der Waals surface area contributed by atoms with E-state index in [0.29, 0.717) is 62.0 Å². The molecule has 2 aliphatic rings. The highest BCUT2D eigenvalue weighted by molar-refractivity contribution is 6.06. The molecule has 10 heteroatoms. The van der Waals surface area contributed by atoms with Gasteiger partial charge >= 0.3 is 0 Å². The first-order valence-corrected chi connectivity index (χ1v) is 12.2. The van der Waals surface area contributed by atoms with Crippen LogP contribution in [0.1, 0.15) is 30.2 Å². The van der Waals surface area contributed by atoms with Gasteiger partial charge in [-0.15, -0.1) is 0 Å². The molecule has 5 heterocycles. The van der Waals surface area contributed by atoms with Crippen molar-refractivity contribution in [2.45, 2.75) is 19.9 Å². The monoisotopic (exact) mass is 485 g/mol. The van der Waals surface area contributed by atoms with E-state index < -0.39 is 0 Å². The highest BCUT2D eigenvalue weighted by Gasteiger charge is 2.26. The van der Waals surface area contributed by atoms with Crippen LogP contribution in [-0.4, -0.2) is 74.9 Å². The van der Waals surface area contributed by atoms with Gasteiger partial charge in [0.05, 0.1) is 29.0 Å². The summed E-state index contributed by atoms with van der Waals surface area (Å²) < 4.78 is 13.3. The summed E-state index contributed by atoms with van der Waals surface area (Å²) in [6.07, 6.45) is 6.85. The molecule has 6 rings (SSSR count). The lowest BCUT2D eigenvalue weighted by Gasteiger charge is -2.35. The zero-order chi connectivity index (χ0) is 24.6. The summed E-state index contributed by atoms with van der Waals surface area (Å²) in [5.41, 5.74) is 2.85. The molecule has 2 aliphatic heterocycles. The fourth-order valence-electron chi connectivity index (χ4n) is 4.69. The topological polar surface area (TPSA) is 98.5 Å². The Morgan fingerprint density at radius 2 is 1.78 bits per heavy atom. The SMILES string of the molecule is CC(C)n1ncc2c(C(=O)N3CCN(c4cnccn4)CC3)cc(-c3ccc4c(c3)OCCO4)nc21. The number of nitrogens with zero attached hydrogens (tertiary/aromatic N) is 7. The van der Waals surface area contributed by atoms with Crippen molar-refractivity contribution in [3.8, 4) is 22.8 Å². The summed E-state index contributed by atoms with van der Waals surface area (Å²) in [6.45, 7) is 7.72. The minimum Gasteiger partial charge on any atom is -0.486 e. The van der Waals surface area contributed by atoms with Crippen LogP contribution in [-0.2, 0) is 0 Å². The zero-order valence-corrected chi connectivity index (χ0v) is 20.3. The third-order valence-electron chi connectivity index (χ3n) is 6.56. The molecule has 0 saturated carbocycles. The number of hydrogen-bond donors (Lipinski definition) is 0. The molecule has 1 saturated heterocycles. The first-order valence-electron chi connectivity index (χ1n) is 12.2. The van der Waals surface area contributed by atoms with Gasteiger partial charge in [-0.25, -0.2) is 14.6 Å². The third-order valence-corrected chi connectivity index (χ3v) is 6.56. The van der Waals surface area contributed by atoms with Crippen LogP contribution in [0.4, 0.5) is 5.82 Å². The molecule has 1 aromatic carbocycles. The maximum Gasteiger partial charge on any atom is 0.254 e. The molecule has 10 nitrogen and oxygen atoms in total. The highest BCUT2D eigenvalue weighted by Crippen LogP contribution is 2.35. The molecule has 0 N–H and O–H groups in total. The van der Waals surface area contributed by atoms with E-state index in [1.807, 2.05) is 33.8 Å². The van der Waals surface area contributed by atoms with Gasteiger partial charge in [0.25, 0.3) is 5.91 Å². The predicted molar refractivity (Wildman–Crippen MR) is 134 cm³/mol. The van der Waals surface area contributed by atoms with Crippen molar-refractivity contribution in [1.82, 2.24) is 29.6 Å². The van der Waals surface area contributed by atoms with E-state index in [4.69, 9.17) is 14.5 Å². The van der Waals surface area contributed by atoms with Gasteiger partial charge in [-0.2, -0.15) is 5.10 Å². The Balaban J connectivity index is 1.35. The number of fused-ring (bicyclic) bond motifs is 2. The average molecular weight is 486 g/mol. The Hall–Kier alpha value is -4.21. The van der Waals surface area contributed by atoms with E-state index in [-0.39, 0.29) is 11.9 Å². The van der Waals surface area contributed by atoms with E-state index >= 15 is 0 Å². The molecule has 1 fully saturated rings. The second kappa shape index (κ2) is 9.10. The quantitative estimate of drug-likeness (QED) is 0.435. The molecule has 0 radical (unpaired) electrons. The summed E-state index contributed by atoms with van der Waals surface area (Å²) in [4.78, 5) is 31.3. The number of hydrogen-bond acceptors (Lipinski definition) is 8. The van der Waals surface area contributed by atoms with Gasteiger partial charge in [-0.1, -0.05) is 0 Å². The third kappa shape index (κ3) is 3.98. The summed E-state index contributed by atoms with van der Waals surface area (Å²) in [7, 11) is 0. The standard InChI is InChI=1S/C26H27N7O3/c1-17(2)33-25-20(15-29-33)19(14-21(30-25)18-3-4-22-23(13-18)36-12-11-35-22)26(34)32-9-7-31(8-10-32)24-16-27-5-6-28-24/h3-6,13-17H,7-12H2,1-2H3. The molecular formula is C26H27N7O3. The minimum absolute atomic E-state index is 0.0247. The lowest BCUT2D eigenvalue weighted by atomic mass is 10.0. The van der Waals surface area contributed by atoms with Crippen molar-refractivity contribution >= 4 is 22.8 Å². The van der Waals surface area contributed by atoms with Crippen LogP contribution in [0, 0.1) is 0 Å². The second-order valence-electron chi connectivity index (χ2n) is 9.18. The van der Waals surface area contributed by atoms with Gasteiger partial charge < -0.3 is 19.3 Å². The Labute approximate surface area is 208 Å². The molecule has 184 valence electrons.